The van der Waals surface area contributed by atoms with Gasteiger partial charge in [0.05, 0.1) is 6.61 Å². The van der Waals surface area contributed by atoms with Crippen LogP contribution in [-0.2, 0) is 0 Å². The van der Waals surface area contributed by atoms with E-state index in [1.807, 2.05) is 19.9 Å². The quantitative estimate of drug-likeness (QED) is 0.865. The molecule has 1 aliphatic carbocycles. The predicted octanol–water partition coefficient (Wildman–Crippen LogP) is 1.83. The molecular weight excluding hydrogens is 214 g/mol. The monoisotopic (exact) mass is 235 g/mol. The maximum atomic E-state index is 9.21. The zero-order valence-electron chi connectivity index (χ0n) is 10.7. The van der Waals surface area contributed by atoms with Crippen LogP contribution < -0.4 is 4.90 Å². The van der Waals surface area contributed by atoms with Crippen molar-refractivity contribution in [1.82, 2.24) is 9.97 Å². The second kappa shape index (κ2) is 5.45. The lowest BCUT2D eigenvalue weighted by atomic mass is 10.2. The molecule has 0 radical (unpaired) electrons. The molecule has 0 bridgehead atoms. The van der Waals surface area contributed by atoms with Gasteiger partial charge in [0.15, 0.2) is 0 Å². The van der Waals surface area contributed by atoms with Crippen LogP contribution in [0.25, 0.3) is 0 Å². The molecule has 0 amide bonds. The van der Waals surface area contributed by atoms with Gasteiger partial charge in [0, 0.05) is 24.3 Å². The minimum atomic E-state index is 0.179. The van der Waals surface area contributed by atoms with Gasteiger partial charge in [-0.05, 0) is 26.7 Å². The minimum Gasteiger partial charge on any atom is -0.395 e. The molecule has 0 aliphatic heterocycles. The number of aromatic nitrogens is 2. The summed E-state index contributed by atoms with van der Waals surface area (Å²) in [6, 6.07) is 2.55. The summed E-state index contributed by atoms with van der Waals surface area (Å²) in [7, 11) is 0. The van der Waals surface area contributed by atoms with E-state index in [0.717, 1.165) is 17.3 Å². The summed E-state index contributed by atoms with van der Waals surface area (Å²) in [4.78, 5) is 11.0. The summed E-state index contributed by atoms with van der Waals surface area (Å²) < 4.78 is 0. The Balaban J connectivity index is 2.24. The Morgan fingerprint density at radius 2 is 2.00 bits per heavy atom. The topological polar surface area (TPSA) is 49.2 Å². The zero-order chi connectivity index (χ0) is 12.3. The Morgan fingerprint density at radius 1 is 1.29 bits per heavy atom. The standard InChI is InChI=1S/C13H21N3O/c1-10-9-13(15-11(2)14-10)16(7-8-17)12-5-3-4-6-12/h9,12,17H,3-8H2,1-2H3. The van der Waals surface area contributed by atoms with E-state index >= 15 is 0 Å². The van der Waals surface area contributed by atoms with Crippen LogP contribution >= 0.6 is 0 Å². The fourth-order valence-electron chi connectivity index (χ4n) is 2.65. The Labute approximate surface area is 103 Å². The first-order valence-corrected chi connectivity index (χ1v) is 6.40. The van der Waals surface area contributed by atoms with E-state index in [1.165, 1.54) is 25.7 Å². The fourth-order valence-corrected chi connectivity index (χ4v) is 2.65. The molecule has 0 unspecified atom stereocenters. The Morgan fingerprint density at radius 3 is 2.59 bits per heavy atom. The van der Waals surface area contributed by atoms with Gasteiger partial charge in [0.25, 0.3) is 0 Å². The highest BCUT2D eigenvalue weighted by molar-refractivity contribution is 5.41. The summed E-state index contributed by atoms with van der Waals surface area (Å²) in [5, 5.41) is 9.21. The van der Waals surface area contributed by atoms with Gasteiger partial charge in [0.2, 0.25) is 0 Å². The first kappa shape index (κ1) is 12.3. The molecule has 2 rings (SSSR count). The number of anilines is 1. The van der Waals surface area contributed by atoms with Gasteiger partial charge >= 0.3 is 0 Å². The molecule has 1 aromatic rings. The van der Waals surface area contributed by atoms with Crippen LogP contribution in [0, 0.1) is 13.8 Å². The molecule has 1 aromatic heterocycles. The number of aliphatic hydroxyl groups is 1. The summed E-state index contributed by atoms with van der Waals surface area (Å²) >= 11 is 0. The number of aliphatic hydroxyl groups excluding tert-OH is 1. The third-order valence-electron chi connectivity index (χ3n) is 3.35. The molecule has 0 spiro atoms. The van der Waals surface area contributed by atoms with Crippen molar-refractivity contribution in [2.24, 2.45) is 0 Å². The second-order valence-electron chi connectivity index (χ2n) is 4.77. The molecule has 1 fully saturated rings. The third kappa shape index (κ3) is 2.94. The Kier molecular flexibility index (Phi) is 3.94. The average Bonchev–Trinajstić information content (AvgIpc) is 2.77. The maximum Gasteiger partial charge on any atom is 0.132 e. The molecule has 1 aliphatic rings. The van der Waals surface area contributed by atoms with Crippen molar-refractivity contribution >= 4 is 5.82 Å². The van der Waals surface area contributed by atoms with E-state index in [4.69, 9.17) is 0 Å². The molecular formula is C13H21N3O. The van der Waals surface area contributed by atoms with Crippen molar-refractivity contribution in [2.75, 3.05) is 18.1 Å². The molecule has 4 nitrogen and oxygen atoms in total. The Hall–Kier alpha value is -1.16. The highest BCUT2D eigenvalue weighted by Gasteiger charge is 2.23. The molecule has 1 heterocycles. The minimum absolute atomic E-state index is 0.179. The SMILES string of the molecule is Cc1cc(N(CCO)C2CCCC2)nc(C)n1. The molecule has 94 valence electrons. The summed E-state index contributed by atoms with van der Waals surface area (Å²) in [5.41, 5.74) is 0.994. The van der Waals surface area contributed by atoms with Crippen LogP contribution in [0.4, 0.5) is 5.82 Å². The number of aryl methyl sites for hydroxylation is 2. The largest absolute Gasteiger partial charge is 0.395 e. The van der Waals surface area contributed by atoms with Crippen LogP contribution in [0.1, 0.15) is 37.2 Å². The Bertz CT molecular complexity index is 355. The maximum absolute atomic E-state index is 9.21. The lowest BCUT2D eigenvalue weighted by molar-refractivity contribution is 0.296. The highest BCUT2D eigenvalue weighted by Crippen LogP contribution is 2.27. The summed E-state index contributed by atoms with van der Waals surface area (Å²) in [5.74, 6) is 1.77. The van der Waals surface area contributed by atoms with Crippen molar-refractivity contribution in [3.8, 4) is 0 Å². The van der Waals surface area contributed by atoms with Gasteiger partial charge in [-0.1, -0.05) is 12.8 Å². The van der Waals surface area contributed by atoms with Gasteiger partial charge in [-0.25, -0.2) is 9.97 Å². The number of hydrogen-bond acceptors (Lipinski definition) is 4. The number of rotatable bonds is 4. The van der Waals surface area contributed by atoms with E-state index in [-0.39, 0.29) is 6.61 Å². The number of nitrogens with zero attached hydrogens (tertiary/aromatic N) is 3. The van der Waals surface area contributed by atoms with E-state index in [0.29, 0.717) is 12.6 Å². The van der Waals surface area contributed by atoms with Gasteiger partial charge < -0.3 is 10.0 Å². The van der Waals surface area contributed by atoms with Crippen molar-refractivity contribution in [1.29, 1.82) is 0 Å². The van der Waals surface area contributed by atoms with Crippen LogP contribution in [-0.4, -0.2) is 34.3 Å². The van der Waals surface area contributed by atoms with Gasteiger partial charge in [0.1, 0.15) is 11.6 Å². The molecule has 1 N–H and O–H groups in total. The van der Waals surface area contributed by atoms with Crippen molar-refractivity contribution in [2.45, 2.75) is 45.6 Å². The first-order chi connectivity index (χ1) is 8.20. The molecule has 4 heteroatoms. The van der Waals surface area contributed by atoms with Gasteiger partial charge in [-0.2, -0.15) is 0 Å². The van der Waals surface area contributed by atoms with Crippen molar-refractivity contribution in [3.63, 3.8) is 0 Å². The zero-order valence-corrected chi connectivity index (χ0v) is 10.7. The van der Waals surface area contributed by atoms with E-state index in [2.05, 4.69) is 14.9 Å². The van der Waals surface area contributed by atoms with Crippen molar-refractivity contribution in [3.05, 3.63) is 17.6 Å². The molecule has 0 saturated heterocycles. The lowest BCUT2D eigenvalue weighted by Crippen LogP contribution is -2.36. The predicted molar refractivity (Wildman–Crippen MR) is 68.2 cm³/mol. The van der Waals surface area contributed by atoms with Crippen LogP contribution in [0.2, 0.25) is 0 Å². The normalized spacial score (nSPS) is 16.4. The molecule has 0 atom stereocenters. The lowest BCUT2D eigenvalue weighted by Gasteiger charge is -2.29. The second-order valence-corrected chi connectivity index (χ2v) is 4.77. The summed E-state index contributed by atoms with van der Waals surface area (Å²) in [6.45, 7) is 4.76. The van der Waals surface area contributed by atoms with Gasteiger partial charge in [-0.15, -0.1) is 0 Å². The van der Waals surface area contributed by atoms with Gasteiger partial charge in [-0.3, -0.25) is 0 Å². The van der Waals surface area contributed by atoms with E-state index in [9.17, 15) is 5.11 Å². The van der Waals surface area contributed by atoms with Crippen molar-refractivity contribution < 1.29 is 5.11 Å². The van der Waals surface area contributed by atoms with Crippen LogP contribution in [0.3, 0.4) is 0 Å². The molecule has 1 saturated carbocycles. The van der Waals surface area contributed by atoms with Crippen LogP contribution in [0.5, 0.6) is 0 Å². The highest BCUT2D eigenvalue weighted by atomic mass is 16.3. The summed E-state index contributed by atoms with van der Waals surface area (Å²) in [6.07, 6.45) is 5.00. The van der Waals surface area contributed by atoms with E-state index < -0.39 is 0 Å². The molecule has 0 aromatic carbocycles. The number of hydrogen-bond donors (Lipinski definition) is 1. The molecule has 17 heavy (non-hydrogen) atoms. The van der Waals surface area contributed by atoms with E-state index in [1.54, 1.807) is 0 Å². The average molecular weight is 235 g/mol. The smallest absolute Gasteiger partial charge is 0.132 e. The first-order valence-electron chi connectivity index (χ1n) is 6.40. The fraction of sp³-hybridized carbons (Fsp3) is 0.692. The third-order valence-corrected chi connectivity index (χ3v) is 3.35. The van der Waals surface area contributed by atoms with Crippen LogP contribution in [0.15, 0.2) is 6.07 Å².